The molecule has 5 rings (SSSR count). The highest BCUT2D eigenvalue weighted by atomic mass is 35.5. The molecule has 212 valence electrons. The number of ether oxygens (including phenoxy) is 1. The Morgan fingerprint density at radius 3 is 2.38 bits per heavy atom. The van der Waals surface area contributed by atoms with Crippen molar-refractivity contribution >= 4 is 38.9 Å². The number of rotatable bonds is 9. The van der Waals surface area contributed by atoms with Gasteiger partial charge in [0.1, 0.15) is 0 Å². The van der Waals surface area contributed by atoms with Crippen LogP contribution in [0.3, 0.4) is 0 Å². The van der Waals surface area contributed by atoms with E-state index in [9.17, 15) is 31.9 Å². The Balaban J connectivity index is 1.45. The van der Waals surface area contributed by atoms with E-state index in [1.165, 1.54) is 25.3 Å². The molecule has 8 nitrogen and oxygen atoms in total. The van der Waals surface area contributed by atoms with Crippen molar-refractivity contribution in [2.45, 2.75) is 60.9 Å². The molecule has 0 saturated heterocycles. The van der Waals surface area contributed by atoms with Gasteiger partial charge in [0.25, 0.3) is 5.91 Å². The molecule has 0 heterocycles. The molecule has 2 bridgehead atoms. The van der Waals surface area contributed by atoms with Crippen LogP contribution in [0.2, 0.25) is 5.02 Å². The number of fused-ring (bicyclic) bond motifs is 2. The van der Waals surface area contributed by atoms with Crippen molar-refractivity contribution in [2.75, 3.05) is 19.0 Å². The van der Waals surface area contributed by atoms with E-state index in [0.29, 0.717) is 6.42 Å². The van der Waals surface area contributed by atoms with Gasteiger partial charge in [-0.25, -0.2) is 17.2 Å². The number of carbonyl (C=O) groups is 2. The molecule has 2 aromatic rings. The molecular weight excluding hydrogens is 554 g/mol. The lowest BCUT2D eigenvalue weighted by molar-refractivity contribution is -0.184. The second kappa shape index (κ2) is 10.8. The Kier molecular flexibility index (Phi) is 8.11. The minimum Gasteiger partial charge on any atom is -0.389 e. The third-order valence-corrected chi connectivity index (χ3v) is 10.6. The maximum Gasteiger partial charge on any atom is 0.255 e. The van der Waals surface area contributed by atoms with Crippen molar-refractivity contribution in [3.8, 4) is 0 Å². The van der Waals surface area contributed by atoms with Crippen LogP contribution in [0.25, 0.3) is 0 Å². The molecule has 0 aliphatic heterocycles. The molecule has 3 aliphatic rings. The van der Waals surface area contributed by atoms with Gasteiger partial charge in [-0.05, 0) is 75.3 Å². The molecular formula is C27H31ClF2N2O6S. The number of aliphatic hydroxyl groups is 1. The van der Waals surface area contributed by atoms with Gasteiger partial charge < -0.3 is 20.5 Å². The fourth-order valence-corrected chi connectivity index (χ4v) is 7.72. The van der Waals surface area contributed by atoms with Gasteiger partial charge in [0, 0.05) is 31.0 Å². The van der Waals surface area contributed by atoms with Gasteiger partial charge in [0.05, 0.1) is 32.8 Å². The Labute approximate surface area is 231 Å². The van der Waals surface area contributed by atoms with Crippen molar-refractivity contribution in [3.63, 3.8) is 0 Å². The predicted octanol–water partition coefficient (Wildman–Crippen LogP) is 4.11. The summed E-state index contributed by atoms with van der Waals surface area (Å²) < 4.78 is 59.2. The van der Waals surface area contributed by atoms with Gasteiger partial charge >= 0.3 is 0 Å². The van der Waals surface area contributed by atoms with Gasteiger partial charge in [0.15, 0.2) is 21.5 Å². The van der Waals surface area contributed by atoms with Gasteiger partial charge in [0.2, 0.25) is 5.91 Å². The van der Waals surface area contributed by atoms with Crippen LogP contribution in [-0.2, 0) is 19.4 Å². The third kappa shape index (κ3) is 5.96. The van der Waals surface area contributed by atoms with Crippen LogP contribution in [0, 0.1) is 23.5 Å². The van der Waals surface area contributed by atoms with E-state index in [2.05, 4.69) is 10.6 Å². The molecule has 0 spiro atoms. The first-order valence-electron chi connectivity index (χ1n) is 12.5. The van der Waals surface area contributed by atoms with Gasteiger partial charge in [-0.2, -0.15) is 0 Å². The Morgan fingerprint density at radius 2 is 1.77 bits per heavy atom. The number of halogens is 3. The molecule has 3 N–H and O–H groups in total. The Morgan fingerprint density at radius 1 is 1.10 bits per heavy atom. The second-order valence-corrected chi connectivity index (χ2v) is 13.5. The van der Waals surface area contributed by atoms with Crippen LogP contribution in [-0.4, -0.2) is 55.4 Å². The van der Waals surface area contributed by atoms with Crippen molar-refractivity contribution in [2.24, 2.45) is 11.8 Å². The van der Waals surface area contributed by atoms with Crippen LogP contribution in [0.5, 0.6) is 0 Å². The summed E-state index contributed by atoms with van der Waals surface area (Å²) in [5, 5.41) is 15.5. The fraction of sp³-hybridized carbons (Fsp3) is 0.481. The van der Waals surface area contributed by atoms with Crippen LogP contribution < -0.4 is 10.6 Å². The van der Waals surface area contributed by atoms with Crippen LogP contribution in [0.15, 0.2) is 41.3 Å². The summed E-state index contributed by atoms with van der Waals surface area (Å²) in [5.74, 6) is -4.02. The Hall–Kier alpha value is -2.60. The number of anilines is 1. The third-order valence-electron chi connectivity index (χ3n) is 7.90. The summed E-state index contributed by atoms with van der Waals surface area (Å²) in [6, 6.07) is 6.64. The second-order valence-electron chi connectivity index (χ2n) is 10.9. The minimum atomic E-state index is -4.00. The molecule has 3 fully saturated rings. The summed E-state index contributed by atoms with van der Waals surface area (Å²) >= 11 is 6.24. The van der Waals surface area contributed by atoms with E-state index in [0.717, 1.165) is 18.2 Å². The zero-order valence-corrected chi connectivity index (χ0v) is 23.3. The number of carbonyl (C=O) groups excluding carboxylic acids is 2. The van der Waals surface area contributed by atoms with Gasteiger partial charge in [-0.1, -0.05) is 11.6 Å². The van der Waals surface area contributed by atoms with E-state index in [4.69, 9.17) is 16.3 Å². The summed E-state index contributed by atoms with van der Waals surface area (Å²) in [6.45, 7) is 3.91. The number of benzene rings is 2. The maximum atomic E-state index is 13.6. The summed E-state index contributed by atoms with van der Waals surface area (Å²) in [4.78, 5) is 25.0. The molecule has 3 saturated carbocycles. The van der Waals surface area contributed by atoms with Gasteiger partial charge in [-0.15, -0.1) is 0 Å². The number of nitrogens with one attached hydrogen (secondary N) is 2. The SMILES string of the molecule is COC(C)(C)CNC(=O)CC1(O)C2CC1CC(S(=O)(=O)c1cc(C(=O)Nc3ccc(F)c(F)c3)ccc1Cl)C2. The summed E-state index contributed by atoms with van der Waals surface area (Å²) in [7, 11) is -2.46. The standard InChI is InChI=1S/C27H31ClF2N2O6S/c1-26(2,38-3)14-31-24(33)13-27(35)16-9-17(27)11-19(10-16)39(36,37)23-8-15(4-6-20(23)28)25(34)32-18-5-7-21(29)22(30)12-18/h4-8,12,16-17,19,35H,9-11,13-14H2,1-3H3,(H,31,33)(H,32,34). The van der Waals surface area contributed by atoms with Gasteiger partial charge in [-0.3, -0.25) is 9.59 Å². The number of hydrogen-bond donors (Lipinski definition) is 3. The van der Waals surface area contributed by atoms with Crippen molar-refractivity contribution in [3.05, 3.63) is 58.6 Å². The predicted molar refractivity (Wildman–Crippen MR) is 141 cm³/mol. The summed E-state index contributed by atoms with van der Waals surface area (Å²) in [6.07, 6.45) is 0.778. The highest BCUT2D eigenvalue weighted by molar-refractivity contribution is 7.92. The lowest BCUT2D eigenvalue weighted by atomic mass is 9.52. The molecule has 0 radical (unpaired) electrons. The zero-order valence-electron chi connectivity index (χ0n) is 21.8. The zero-order chi connectivity index (χ0) is 28.8. The lowest BCUT2D eigenvalue weighted by Crippen LogP contribution is -2.63. The molecule has 2 aromatic carbocycles. The number of methoxy groups -OCH3 is 1. The van der Waals surface area contributed by atoms with Crippen LogP contribution >= 0.6 is 11.6 Å². The Bertz CT molecular complexity index is 1390. The first-order chi connectivity index (χ1) is 18.2. The van der Waals surface area contributed by atoms with Crippen LogP contribution in [0.1, 0.15) is 49.9 Å². The molecule has 2 amide bonds. The summed E-state index contributed by atoms with van der Waals surface area (Å²) in [5.41, 5.74) is -1.88. The topological polar surface area (TPSA) is 122 Å². The van der Waals surface area contributed by atoms with Crippen molar-refractivity contribution in [1.82, 2.24) is 5.32 Å². The molecule has 2 unspecified atom stereocenters. The van der Waals surface area contributed by atoms with E-state index in [-0.39, 0.29) is 64.7 Å². The number of sulfone groups is 1. The number of hydrogen-bond acceptors (Lipinski definition) is 6. The lowest BCUT2D eigenvalue weighted by Gasteiger charge is -2.58. The highest BCUT2D eigenvalue weighted by Gasteiger charge is 2.60. The minimum absolute atomic E-state index is 0.000249. The fourth-order valence-electron chi connectivity index (χ4n) is 5.32. The first-order valence-corrected chi connectivity index (χ1v) is 14.4. The van der Waals surface area contributed by atoms with E-state index >= 15 is 0 Å². The molecule has 3 aliphatic carbocycles. The monoisotopic (exact) mass is 584 g/mol. The average molecular weight is 585 g/mol. The average Bonchev–Trinajstić information content (AvgIpc) is 2.89. The molecule has 12 heteroatoms. The highest BCUT2D eigenvalue weighted by Crippen LogP contribution is 2.57. The normalized spacial score (nSPS) is 24.5. The molecule has 2 atom stereocenters. The van der Waals surface area contributed by atoms with Crippen LogP contribution in [0.4, 0.5) is 14.5 Å². The maximum absolute atomic E-state index is 13.6. The quantitative estimate of drug-likeness (QED) is 0.408. The number of amides is 2. The smallest absolute Gasteiger partial charge is 0.255 e. The van der Waals surface area contributed by atoms with Crippen molar-refractivity contribution < 1.29 is 36.6 Å². The first kappa shape index (κ1) is 29.4. The largest absolute Gasteiger partial charge is 0.389 e. The van der Waals surface area contributed by atoms with E-state index in [1.807, 2.05) is 13.8 Å². The molecule has 39 heavy (non-hydrogen) atoms. The van der Waals surface area contributed by atoms with E-state index < -0.39 is 43.8 Å². The van der Waals surface area contributed by atoms with E-state index in [1.54, 1.807) is 0 Å². The molecule has 0 aromatic heterocycles. The van der Waals surface area contributed by atoms with Crippen molar-refractivity contribution in [1.29, 1.82) is 0 Å².